The van der Waals surface area contributed by atoms with Gasteiger partial charge < -0.3 is 15.0 Å². The third kappa shape index (κ3) is 2.69. The van der Waals surface area contributed by atoms with Crippen LogP contribution >= 0.6 is 0 Å². The van der Waals surface area contributed by atoms with Crippen molar-refractivity contribution in [2.45, 2.75) is 9.79 Å². The quantitative estimate of drug-likeness (QED) is 0.740. The molecular formula is C17H19N5O3S. The molecule has 136 valence electrons. The number of aromatic nitrogens is 3. The first kappa shape index (κ1) is 16.8. The summed E-state index contributed by atoms with van der Waals surface area (Å²) in [7, 11) is -2.11. The summed E-state index contributed by atoms with van der Waals surface area (Å²) in [5, 5.41) is 7.38. The van der Waals surface area contributed by atoms with Gasteiger partial charge in [-0.15, -0.1) is 5.10 Å². The van der Waals surface area contributed by atoms with Crippen LogP contribution in [-0.2, 0) is 14.6 Å². The number of benzene rings is 1. The van der Waals surface area contributed by atoms with E-state index in [4.69, 9.17) is 4.74 Å². The fraction of sp³-hybridized carbons (Fsp3) is 0.294. The SMILES string of the molecule is CNc1nn2c(N3CCOCC3)ccnc2c1S(=O)(=O)c1ccccc1. The molecule has 4 rings (SSSR count). The summed E-state index contributed by atoms with van der Waals surface area (Å²) in [6, 6.07) is 10.2. The van der Waals surface area contributed by atoms with Gasteiger partial charge in [0.15, 0.2) is 16.4 Å². The van der Waals surface area contributed by atoms with E-state index in [1.807, 2.05) is 6.07 Å². The Kier molecular flexibility index (Phi) is 4.25. The lowest BCUT2D eigenvalue weighted by Gasteiger charge is -2.28. The van der Waals surface area contributed by atoms with Crippen LogP contribution in [0.1, 0.15) is 0 Å². The number of fused-ring (bicyclic) bond motifs is 1. The highest BCUT2D eigenvalue weighted by Crippen LogP contribution is 2.32. The first-order valence-electron chi connectivity index (χ1n) is 8.31. The van der Waals surface area contributed by atoms with Gasteiger partial charge in [0.05, 0.1) is 18.1 Å². The van der Waals surface area contributed by atoms with E-state index >= 15 is 0 Å². The number of nitrogens with zero attached hydrogens (tertiary/aromatic N) is 4. The Morgan fingerprint density at radius 3 is 2.54 bits per heavy atom. The van der Waals surface area contributed by atoms with E-state index in [9.17, 15) is 8.42 Å². The first-order chi connectivity index (χ1) is 12.6. The molecule has 0 saturated carbocycles. The minimum absolute atomic E-state index is 0.0845. The molecule has 9 heteroatoms. The lowest BCUT2D eigenvalue weighted by molar-refractivity contribution is 0.122. The summed E-state index contributed by atoms with van der Waals surface area (Å²) in [5.74, 6) is 1.08. The van der Waals surface area contributed by atoms with Gasteiger partial charge in [-0.1, -0.05) is 18.2 Å². The van der Waals surface area contributed by atoms with Crippen LogP contribution in [0.4, 0.5) is 11.6 Å². The Balaban J connectivity index is 1.93. The number of morpholine rings is 1. The Bertz CT molecular complexity index is 1030. The predicted octanol–water partition coefficient (Wildman–Crippen LogP) is 1.44. The molecule has 0 amide bonds. The van der Waals surface area contributed by atoms with Crippen LogP contribution < -0.4 is 10.2 Å². The molecule has 1 aliphatic rings. The zero-order valence-corrected chi connectivity index (χ0v) is 15.1. The van der Waals surface area contributed by atoms with Crippen LogP contribution in [0.25, 0.3) is 5.65 Å². The van der Waals surface area contributed by atoms with Crippen LogP contribution in [0.2, 0.25) is 0 Å². The lowest BCUT2D eigenvalue weighted by atomic mass is 10.4. The van der Waals surface area contributed by atoms with E-state index in [-0.39, 0.29) is 15.6 Å². The number of hydrogen-bond acceptors (Lipinski definition) is 7. The van der Waals surface area contributed by atoms with Crippen molar-refractivity contribution in [2.24, 2.45) is 0 Å². The molecule has 26 heavy (non-hydrogen) atoms. The Labute approximate surface area is 151 Å². The van der Waals surface area contributed by atoms with Gasteiger partial charge in [-0.2, -0.15) is 4.52 Å². The maximum Gasteiger partial charge on any atom is 0.214 e. The van der Waals surface area contributed by atoms with E-state index in [0.717, 1.165) is 5.82 Å². The molecule has 1 aromatic carbocycles. The van der Waals surface area contributed by atoms with Gasteiger partial charge in [0, 0.05) is 26.3 Å². The molecule has 0 aliphatic carbocycles. The minimum atomic E-state index is -3.76. The summed E-state index contributed by atoms with van der Waals surface area (Å²) in [5.41, 5.74) is 0.308. The van der Waals surface area contributed by atoms with Crippen molar-refractivity contribution in [3.05, 3.63) is 42.6 Å². The normalized spacial score (nSPS) is 15.3. The van der Waals surface area contributed by atoms with Crippen LogP contribution in [0, 0.1) is 0 Å². The number of nitrogens with one attached hydrogen (secondary N) is 1. The zero-order chi connectivity index (χ0) is 18.1. The first-order valence-corrected chi connectivity index (χ1v) is 9.79. The van der Waals surface area contributed by atoms with Crippen molar-refractivity contribution in [3.63, 3.8) is 0 Å². The molecule has 8 nitrogen and oxygen atoms in total. The van der Waals surface area contributed by atoms with Gasteiger partial charge in [0.2, 0.25) is 9.84 Å². The Hall–Kier alpha value is -2.65. The van der Waals surface area contributed by atoms with E-state index in [0.29, 0.717) is 32.0 Å². The van der Waals surface area contributed by atoms with Crippen molar-refractivity contribution < 1.29 is 13.2 Å². The summed E-state index contributed by atoms with van der Waals surface area (Å²) >= 11 is 0. The van der Waals surface area contributed by atoms with Crippen molar-refractivity contribution in [1.82, 2.24) is 14.6 Å². The molecule has 1 fully saturated rings. The van der Waals surface area contributed by atoms with Crippen molar-refractivity contribution in [3.8, 4) is 0 Å². The van der Waals surface area contributed by atoms with Gasteiger partial charge in [0.25, 0.3) is 0 Å². The molecule has 1 N–H and O–H groups in total. The molecule has 0 bridgehead atoms. The number of sulfone groups is 1. The highest BCUT2D eigenvalue weighted by atomic mass is 32.2. The standard InChI is InChI=1S/C17H19N5O3S/c1-18-16-15(26(23,24)13-5-3-2-4-6-13)17-19-8-7-14(22(17)20-16)21-9-11-25-12-10-21/h2-8H,9-12H2,1H3,(H,18,20). The molecule has 2 aromatic heterocycles. The van der Waals surface area contributed by atoms with E-state index in [1.165, 1.54) is 0 Å². The molecule has 3 aromatic rings. The number of rotatable bonds is 4. The van der Waals surface area contributed by atoms with E-state index in [2.05, 4.69) is 20.3 Å². The second kappa shape index (κ2) is 6.58. The zero-order valence-electron chi connectivity index (χ0n) is 14.3. The fourth-order valence-corrected chi connectivity index (χ4v) is 4.60. The number of ether oxygens (including phenoxy) is 1. The third-order valence-corrected chi connectivity index (χ3v) is 6.16. The average molecular weight is 373 g/mol. The van der Waals surface area contributed by atoms with Crippen LogP contribution in [0.15, 0.2) is 52.4 Å². The highest BCUT2D eigenvalue weighted by molar-refractivity contribution is 7.91. The maximum atomic E-state index is 13.2. The molecule has 1 aliphatic heterocycles. The monoisotopic (exact) mass is 373 g/mol. The number of anilines is 2. The predicted molar refractivity (Wildman–Crippen MR) is 97.5 cm³/mol. The third-order valence-electron chi connectivity index (χ3n) is 4.35. The van der Waals surface area contributed by atoms with Crippen molar-refractivity contribution >= 4 is 27.1 Å². The molecule has 3 heterocycles. The van der Waals surface area contributed by atoms with Crippen LogP contribution in [0.5, 0.6) is 0 Å². The summed E-state index contributed by atoms with van der Waals surface area (Å²) in [6.45, 7) is 2.68. The summed E-state index contributed by atoms with van der Waals surface area (Å²) in [4.78, 5) is 6.73. The lowest BCUT2D eigenvalue weighted by Crippen LogP contribution is -2.37. The fourth-order valence-electron chi connectivity index (χ4n) is 3.07. The molecule has 0 spiro atoms. The largest absolute Gasteiger partial charge is 0.378 e. The van der Waals surface area contributed by atoms with E-state index < -0.39 is 9.84 Å². The molecule has 1 saturated heterocycles. The molecule has 0 atom stereocenters. The van der Waals surface area contributed by atoms with Gasteiger partial charge in [-0.25, -0.2) is 13.4 Å². The van der Waals surface area contributed by atoms with Crippen LogP contribution in [0.3, 0.4) is 0 Å². The van der Waals surface area contributed by atoms with Gasteiger partial charge in [0.1, 0.15) is 5.82 Å². The topological polar surface area (TPSA) is 88.8 Å². The summed E-state index contributed by atoms with van der Waals surface area (Å²) in [6.07, 6.45) is 1.62. The highest BCUT2D eigenvalue weighted by Gasteiger charge is 2.29. The van der Waals surface area contributed by atoms with Crippen LogP contribution in [-0.4, -0.2) is 56.4 Å². The van der Waals surface area contributed by atoms with Gasteiger partial charge in [-0.3, -0.25) is 0 Å². The van der Waals surface area contributed by atoms with Crippen molar-refractivity contribution in [1.29, 1.82) is 0 Å². The second-order valence-electron chi connectivity index (χ2n) is 5.88. The Morgan fingerprint density at radius 2 is 1.85 bits per heavy atom. The maximum absolute atomic E-state index is 13.2. The van der Waals surface area contributed by atoms with Crippen molar-refractivity contribution in [2.75, 3.05) is 43.6 Å². The number of hydrogen-bond donors (Lipinski definition) is 1. The molecular weight excluding hydrogens is 354 g/mol. The molecule has 0 radical (unpaired) electrons. The second-order valence-corrected chi connectivity index (χ2v) is 7.77. The average Bonchev–Trinajstić information content (AvgIpc) is 3.09. The van der Waals surface area contributed by atoms with E-state index in [1.54, 1.807) is 48.1 Å². The smallest absolute Gasteiger partial charge is 0.214 e. The summed E-state index contributed by atoms with van der Waals surface area (Å²) < 4.78 is 33.4. The minimum Gasteiger partial charge on any atom is -0.378 e. The molecule has 0 unspecified atom stereocenters. The Morgan fingerprint density at radius 1 is 1.12 bits per heavy atom. The van der Waals surface area contributed by atoms with Gasteiger partial charge in [-0.05, 0) is 18.2 Å². The van der Waals surface area contributed by atoms with Gasteiger partial charge >= 0.3 is 0 Å².